The predicted molar refractivity (Wildman–Crippen MR) is 76.6 cm³/mol. The average molecular weight is 267 g/mol. The van der Waals surface area contributed by atoms with Crippen LogP contribution in [0.15, 0.2) is 12.1 Å². The Kier molecular flexibility index (Phi) is 6.28. The molecule has 0 spiro atoms. The third-order valence-electron chi connectivity index (χ3n) is 3.31. The van der Waals surface area contributed by atoms with Gasteiger partial charge in [0.2, 0.25) is 0 Å². The van der Waals surface area contributed by atoms with E-state index in [1.54, 1.807) is 7.11 Å². The molecule has 1 aromatic carbocycles. The number of rotatable bonds is 7. The molecule has 4 nitrogen and oxygen atoms in total. The molecular formula is C15H25NO3. The van der Waals surface area contributed by atoms with Crippen molar-refractivity contribution in [3.63, 3.8) is 0 Å². The SMILES string of the molecule is CCC(NCCO)C(O)c1cc(C)cc(C)c1OC. The Labute approximate surface area is 115 Å². The van der Waals surface area contributed by atoms with Gasteiger partial charge in [0.05, 0.1) is 19.8 Å². The van der Waals surface area contributed by atoms with Gasteiger partial charge in [-0.3, -0.25) is 0 Å². The Morgan fingerprint density at radius 3 is 2.53 bits per heavy atom. The first-order valence-corrected chi connectivity index (χ1v) is 6.72. The van der Waals surface area contributed by atoms with E-state index in [-0.39, 0.29) is 12.6 Å². The molecule has 0 saturated carbocycles. The number of hydrogen-bond donors (Lipinski definition) is 3. The van der Waals surface area contributed by atoms with E-state index in [1.165, 1.54) is 0 Å². The van der Waals surface area contributed by atoms with Crippen LogP contribution in [0.5, 0.6) is 5.75 Å². The van der Waals surface area contributed by atoms with Gasteiger partial charge < -0.3 is 20.3 Å². The van der Waals surface area contributed by atoms with Crippen molar-refractivity contribution in [2.24, 2.45) is 0 Å². The van der Waals surface area contributed by atoms with E-state index in [9.17, 15) is 5.11 Å². The van der Waals surface area contributed by atoms with E-state index in [1.807, 2.05) is 32.9 Å². The van der Waals surface area contributed by atoms with Crippen molar-refractivity contribution in [3.8, 4) is 5.75 Å². The highest BCUT2D eigenvalue weighted by atomic mass is 16.5. The van der Waals surface area contributed by atoms with Crippen LogP contribution in [0.2, 0.25) is 0 Å². The first kappa shape index (κ1) is 16.0. The number of aliphatic hydroxyl groups is 2. The molecule has 0 amide bonds. The van der Waals surface area contributed by atoms with Crippen molar-refractivity contribution < 1.29 is 14.9 Å². The molecule has 0 fully saturated rings. The van der Waals surface area contributed by atoms with E-state index in [2.05, 4.69) is 5.32 Å². The van der Waals surface area contributed by atoms with Crippen molar-refractivity contribution in [1.29, 1.82) is 0 Å². The zero-order chi connectivity index (χ0) is 14.4. The fourth-order valence-electron chi connectivity index (χ4n) is 2.43. The van der Waals surface area contributed by atoms with Gasteiger partial charge in [-0.15, -0.1) is 0 Å². The Hall–Kier alpha value is -1.10. The summed E-state index contributed by atoms with van der Waals surface area (Å²) in [5, 5.41) is 22.6. The highest BCUT2D eigenvalue weighted by Gasteiger charge is 2.23. The summed E-state index contributed by atoms with van der Waals surface area (Å²) < 4.78 is 5.41. The molecule has 0 heterocycles. The van der Waals surface area contributed by atoms with Gasteiger partial charge in [-0.2, -0.15) is 0 Å². The van der Waals surface area contributed by atoms with Crippen molar-refractivity contribution in [3.05, 3.63) is 28.8 Å². The third kappa shape index (κ3) is 3.93. The zero-order valence-electron chi connectivity index (χ0n) is 12.2. The number of aliphatic hydroxyl groups excluding tert-OH is 2. The highest BCUT2D eigenvalue weighted by Crippen LogP contribution is 2.32. The summed E-state index contributed by atoms with van der Waals surface area (Å²) in [4.78, 5) is 0. The highest BCUT2D eigenvalue weighted by molar-refractivity contribution is 5.45. The molecule has 1 rings (SSSR count). The van der Waals surface area contributed by atoms with Crippen LogP contribution in [-0.2, 0) is 0 Å². The number of benzene rings is 1. The second-order valence-corrected chi connectivity index (χ2v) is 4.84. The molecule has 0 aliphatic rings. The van der Waals surface area contributed by atoms with Gasteiger partial charge in [0, 0.05) is 18.2 Å². The Morgan fingerprint density at radius 2 is 2.00 bits per heavy atom. The van der Waals surface area contributed by atoms with Crippen molar-refractivity contribution in [2.45, 2.75) is 39.3 Å². The molecule has 3 N–H and O–H groups in total. The molecule has 0 aliphatic carbocycles. The fourth-order valence-corrected chi connectivity index (χ4v) is 2.43. The van der Waals surface area contributed by atoms with Crippen LogP contribution in [0.4, 0.5) is 0 Å². The quantitative estimate of drug-likeness (QED) is 0.704. The first-order valence-electron chi connectivity index (χ1n) is 6.72. The second-order valence-electron chi connectivity index (χ2n) is 4.84. The summed E-state index contributed by atoms with van der Waals surface area (Å²) in [6.45, 7) is 6.53. The van der Waals surface area contributed by atoms with Gasteiger partial charge in [0.1, 0.15) is 5.75 Å². The minimum atomic E-state index is -0.648. The molecule has 0 aliphatic heterocycles. The average Bonchev–Trinajstić information content (AvgIpc) is 2.38. The Bertz CT molecular complexity index is 407. The van der Waals surface area contributed by atoms with E-state index < -0.39 is 6.10 Å². The maximum atomic E-state index is 10.5. The molecule has 0 radical (unpaired) electrons. The summed E-state index contributed by atoms with van der Waals surface area (Å²) >= 11 is 0. The molecule has 19 heavy (non-hydrogen) atoms. The molecule has 108 valence electrons. The summed E-state index contributed by atoms with van der Waals surface area (Å²) in [6.07, 6.45) is 0.127. The van der Waals surface area contributed by atoms with Crippen LogP contribution >= 0.6 is 0 Å². The van der Waals surface area contributed by atoms with Crippen LogP contribution in [0.3, 0.4) is 0 Å². The minimum Gasteiger partial charge on any atom is -0.496 e. The monoisotopic (exact) mass is 267 g/mol. The largest absolute Gasteiger partial charge is 0.496 e. The van der Waals surface area contributed by atoms with Crippen LogP contribution in [0.25, 0.3) is 0 Å². The maximum Gasteiger partial charge on any atom is 0.127 e. The second kappa shape index (κ2) is 7.48. The van der Waals surface area contributed by atoms with Gasteiger partial charge in [0.15, 0.2) is 0 Å². The number of methoxy groups -OCH3 is 1. The Balaban J connectivity index is 3.05. The van der Waals surface area contributed by atoms with Gasteiger partial charge in [-0.1, -0.05) is 18.6 Å². The van der Waals surface area contributed by atoms with Crippen LogP contribution in [0.1, 0.15) is 36.1 Å². The molecule has 2 atom stereocenters. The lowest BCUT2D eigenvalue weighted by molar-refractivity contribution is 0.119. The lowest BCUT2D eigenvalue weighted by Gasteiger charge is -2.25. The predicted octanol–water partition coefficient (Wildman–Crippen LogP) is 1.71. The van der Waals surface area contributed by atoms with Gasteiger partial charge in [0.25, 0.3) is 0 Å². The van der Waals surface area contributed by atoms with E-state index in [0.29, 0.717) is 6.54 Å². The van der Waals surface area contributed by atoms with Gasteiger partial charge >= 0.3 is 0 Å². The number of aryl methyl sites for hydroxylation is 2. The summed E-state index contributed by atoms with van der Waals surface area (Å²) in [7, 11) is 1.62. The topological polar surface area (TPSA) is 61.7 Å². The maximum absolute atomic E-state index is 10.5. The van der Waals surface area contributed by atoms with Crippen molar-refractivity contribution in [1.82, 2.24) is 5.32 Å². The first-order chi connectivity index (χ1) is 9.04. The fraction of sp³-hybridized carbons (Fsp3) is 0.600. The van der Waals surface area contributed by atoms with E-state index in [4.69, 9.17) is 9.84 Å². The molecule has 0 saturated heterocycles. The lowest BCUT2D eigenvalue weighted by atomic mass is 9.95. The van der Waals surface area contributed by atoms with Crippen molar-refractivity contribution in [2.75, 3.05) is 20.3 Å². The van der Waals surface area contributed by atoms with E-state index in [0.717, 1.165) is 28.9 Å². The van der Waals surface area contributed by atoms with Gasteiger partial charge in [-0.05, 0) is 31.9 Å². The summed E-state index contributed by atoms with van der Waals surface area (Å²) in [6, 6.07) is 3.90. The molecule has 2 unspecified atom stereocenters. The van der Waals surface area contributed by atoms with Crippen LogP contribution in [-0.4, -0.2) is 36.5 Å². The van der Waals surface area contributed by atoms with Crippen molar-refractivity contribution >= 4 is 0 Å². The molecular weight excluding hydrogens is 242 g/mol. The third-order valence-corrected chi connectivity index (χ3v) is 3.31. The standard InChI is InChI=1S/C15H25NO3/c1-5-13(16-6-7-17)14(18)12-9-10(2)8-11(3)15(12)19-4/h8-9,13-14,16-18H,5-7H2,1-4H3. The Morgan fingerprint density at radius 1 is 1.32 bits per heavy atom. The molecule has 4 heteroatoms. The smallest absolute Gasteiger partial charge is 0.127 e. The number of nitrogens with one attached hydrogen (secondary N) is 1. The minimum absolute atomic E-state index is 0.0627. The zero-order valence-corrected chi connectivity index (χ0v) is 12.2. The van der Waals surface area contributed by atoms with E-state index >= 15 is 0 Å². The number of ether oxygens (including phenoxy) is 1. The van der Waals surface area contributed by atoms with Gasteiger partial charge in [-0.25, -0.2) is 0 Å². The normalized spacial score (nSPS) is 14.2. The number of hydrogen-bond acceptors (Lipinski definition) is 4. The summed E-state index contributed by atoms with van der Waals surface area (Å²) in [5.74, 6) is 0.738. The molecule has 0 aromatic heterocycles. The van der Waals surface area contributed by atoms with Crippen LogP contribution in [0, 0.1) is 13.8 Å². The summed E-state index contributed by atoms with van der Waals surface area (Å²) in [5.41, 5.74) is 2.93. The molecule has 1 aromatic rings. The van der Waals surface area contributed by atoms with Crippen LogP contribution < -0.4 is 10.1 Å². The lowest BCUT2D eigenvalue weighted by Crippen LogP contribution is -2.36. The molecule has 0 bridgehead atoms.